The molecular weight excluding hydrogens is 808 g/mol. The molecular formula is C44H62N4O14. The zero-order valence-corrected chi connectivity index (χ0v) is 38.4. The van der Waals surface area contributed by atoms with Crippen molar-refractivity contribution < 1.29 is 66.7 Å². The third-order valence-corrected chi connectivity index (χ3v) is 6.87. The van der Waals surface area contributed by atoms with Crippen LogP contribution in [-0.4, -0.2) is 93.6 Å². The Morgan fingerprint density at radius 1 is 0.581 bits per heavy atom. The maximum absolute atomic E-state index is 13.7. The number of alkyl carbamates (subject to hydrolysis) is 2. The topological polar surface area (TPSA) is 224 Å². The fourth-order valence-corrected chi connectivity index (χ4v) is 4.78. The molecule has 0 bridgehead atoms. The highest BCUT2D eigenvalue weighted by molar-refractivity contribution is 6.02. The Balaban J connectivity index is 2.25. The average Bonchev–Trinajstić information content (AvgIpc) is 3.05. The van der Waals surface area contributed by atoms with E-state index in [1.54, 1.807) is 104 Å². The second kappa shape index (κ2) is 21.1. The Kier molecular flexibility index (Phi) is 17.6. The van der Waals surface area contributed by atoms with Gasteiger partial charge in [-0.25, -0.2) is 29.0 Å². The predicted octanol–water partition coefficient (Wildman–Crippen LogP) is 7.67. The summed E-state index contributed by atoms with van der Waals surface area (Å²) in [7, 11) is 0. The van der Waals surface area contributed by atoms with Gasteiger partial charge in [0.05, 0.1) is 17.7 Å². The van der Waals surface area contributed by atoms with Crippen LogP contribution in [0.3, 0.4) is 0 Å². The summed E-state index contributed by atoms with van der Waals surface area (Å²) in [6.07, 6.45) is -3.51. The fraction of sp³-hybridized carbons (Fsp3) is 0.545. The first-order valence-corrected chi connectivity index (χ1v) is 19.8. The molecule has 62 heavy (non-hydrogen) atoms. The zero-order chi connectivity index (χ0) is 47.4. The molecule has 342 valence electrons. The second-order valence-electron chi connectivity index (χ2n) is 18.9. The first-order chi connectivity index (χ1) is 28.2. The summed E-state index contributed by atoms with van der Waals surface area (Å²) in [5.41, 5.74) is -3.70. The van der Waals surface area contributed by atoms with Crippen LogP contribution in [0.25, 0.3) is 0 Å². The van der Waals surface area contributed by atoms with Crippen molar-refractivity contribution in [1.29, 1.82) is 0 Å². The lowest BCUT2D eigenvalue weighted by molar-refractivity contribution is -0.170. The number of guanidine groups is 1. The first kappa shape index (κ1) is 51.9. The quantitative estimate of drug-likeness (QED) is 0.0727. The number of nitrogens with zero attached hydrogens (tertiary/aromatic N) is 2. The van der Waals surface area contributed by atoms with Crippen LogP contribution in [0.1, 0.15) is 126 Å². The van der Waals surface area contributed by atoms with E-state index in [0.29, 0.717) is 5.56 Å². The van der Waals surface area contributed by atoms with Gasteiger partial charge in [0, 0.05) is 0 Å². The molecule has 3 amide bonds. The van der Waals surface area contributed by atoms with Crippen molar-refractivity contribution in [3.63, 3.8) is 0 Å². The zero-order valence-electron chi connectivity index (χ0n) is 38.4. The monoisotopic (exact) mass is 870 g/mol. The number of aliphatic imine (C=N–C) groups is 1. The molecule has 0 spiro atoms. The van der Waals surface area contributed by atoms with Gasteiger partial charge in [-0.3, -0.25) is 25.1 Å². The van der Waals surface area contributed by atoms with Gasteiger partial charge < -0.3 is 33.2 Å². The normalized spacial score (nSPS) is 12.4. The smallest absolute Gasteiger partial charge is 0.414 e. The fourth-order valence-electron chi connectivity index (χ4n) is 4.78. The van der Waals surface area contributed by atoms with Crippen molar-refractivity contribution in [2.75, 3.05) is 6.54 Å². The highest BCUT2D eigenvalue weighted by Gasteiger charge is 2.39. The van der Waals surface area contributed by atoms with Crippen LogP contribution < -0.4 is 15.4 Å². The van der Waals surface area contributed by atoms with Crippen molar-refractivity contribution in [2.45, 2.75) is 151 Å². The number of carbonyl (C=O) groups excluding carboxylic acids is 7. The number of amides is 3. The summed E-state index contributed by atoms with van der Waals surface area (Å²) in [6, 6.07) is 10.1. The first-order valence-electron chi connectivity index (χ1n) is 19.8. The molecule has 1 unspecified atom stereocenters. The molecule has 0 radical (unpaired) electrons. The third kappa shape index (κ3) is 21.4. The van der Waals surface area contributed by atoms with Crippen molar-refractivity contribution >= 4 is 53.8 Å². The van der Waals surface area contributed by atoms with Crippen LogP contribution >= 0.6 is 0 Å². The molecule has 18 nitrogen and oxygen atoms in total. The van der Waals surface area contributed by atoms with Gasteiger partial charge in [-0.05, 0) is 146 Å². The van der Waals surface area contributed by atoms with Crippen LogP contribution in [0.4, 0.5) is 20.1 Å². The van der Waals surface area contributed by atoms with E-state index in [0.717, 1.165) is 4.90 Å². The minimum Gasteiger partial charge on any atom is -0.460 e. The minimum absolute atomic E-state index is 0.139. The number of carbonyl (C=O) groups is 7. The van der Waals surface area contributed by atoms with Gasteiger partial charge in [0.1, 0.15) is 52.9 Å². The van der Waals surface area contributed by atoms with Crippen molar-refractivity contribution in [2.24, 2.45) is 4.99 Å². The lowest BCUT2D eigenvalue weighted by Crippen LogP contribution is -2.51. The van der Waals surface area contributed by atoms with Crippen LogP contribution in [-0.2, 0) is 49.4 Å². The molecule has 2 aromatic carbocycles. The maximum Gasteiger partial charge on any atom is 0.414 e. The number of esters is 4. The Bertz CT molecular complexity index is 1910. The number of hydrogen-bond acceptors (Lipinski definition) is 15. The van der Waals surface area contributed by atoms with Crippen molar-refractivity contribution in [3.05, 3.63) is 59.7 Å². The number of rotatable bonds is 11. The SMILES string of the molecule is CC(C)(C)OC(=O)CC(C(=O)OC(C)(C)C)N(CC(=O)OC(C)(C)C)C(=O)OCc1ccc(OC(=O)c2ccc(N=C(NC(=O)OC(C)(C)C)NC(=O)OC(C)(C)C)cc2)cc1. The Labute approximate surface area is 363 Å². The van der Waals surface area contributed by atoms with Gasteiger partial charge >= 0.3 is 42.2 Å². The Hall–Kier alpha value is -6.20. The van der Waals surface area contributed by atoms with Gasteiger partial charge in [-0.1, -0.05) is 12.1 Å². The number of benzene rings is 2. The van der Waals surface area contributed by atoms with E-state index in [1.165, 1.54) is 48.5 Å². The van der Waals surface area contributed by atoms with Crippen molar-refractivity contribution in [1.82, 2.24) is 15.5 Å². The highest BCUT2D eigenvalue weighted by atomic mass is 16.6. The molecule has 0 fully saturated rings. The van der Waals surface area contributed by atoms with E-state index in [2.05, 4.69) is 15.6 Å². The van der Waals surface area contributed by atoms with E-state index >= 15 is 0 Å². The van der Waals surface area contributed by atoms with Gasteiger partial charge in [-0.2, -0.15) is 0 Å². The Morgan fingerprint density at radius 3 is 1.48 bits per heavy atom. The standard InChI is InChI=1S/C44H62N4O14/c1-40(2,3)58-32(49)24-31(35(52)60-42(7,8)9)48(25-33(50)59-41(4,5)6)39(55)56-26-27-16-22-30(23-17-27)57-34(51)28-18-20-29(21-19-28)45-36(46-37(53)61-43(10,11)12)47-38(54)62-44(13,14)15/h16-23,31H,24-26H2,1-15H3,(H2,45,46,47,53,54). The average molecular weight is 871 g/mol. The lowest BCUT2D eigenvalue weighted by atomic mass is 10.1. The van der Waals surface area contributed by atoms with Crippen LogP contribution in [0, 0.1) is 0 Å². The lowest BCUT2D eigenvalue weighted by Gasteiger charge is -2.32. The minimum atomic E-state index is -1.61. The molecule has 2 rings (SSSR count). The summed E-state index contributed by atoms with van der Waals surface area (Å²) >= 11 is 0. The van der Waals surface area contributed by atoms with E-state index < -0.39 is 89.2 Å². The molecule has 2 aromatic rings. The molecule has 0 saturated carbocycles. The van der Waals surface area contributed by atoms with E-state index in [4.69, 9.17) is 33.2 Å². The summed E-state index contributed by atoms with van der Waals surface area (Å²) in [4.78, 5) is 96.0. The highest BCUT2D eigenvalue weighted by Crippen LogP contribution is 2.22. The van der Waals surface area contributed by atoms with E-state index in [9.17, 15) is 33.6 Å². The van der Waals surface area contributed by atoms with Gasteiger partial charge in [0.15, 0.2) is 0 Å². The maximum atomic E-state index is 13.7. The predicted molar refractivity (Wildman–Crippen MR) is 227 cm³/mol. The van der Waals surface area contributed by atoms with E-state index in [1.807, 2.05) is 0 Å². The van der Waals surface area contributed by atoms with Gasteiger partial charge in [0.2, 0.25) is 5.96 Å². The summed E-state index contributed by atoms with van der Waals surface area (Å²) in [5, 5.41) is 4.76. The largest absolute Gasteiger partial charge is 0.460 e. The number of hydrogen-bond donors (Lipinski definition) is 2. The second-order valence-corrected chi connectivity index (χ2v) is 18.9. The molecule has 0 aromatic heterocycles. The molecule has 0 aliphatic carbocycles. The number of nitrogens with one attached hydrogen (secondary N) is 2. The van der Waals surface area contributed by atoms with Gasteiger partial charge in [-0.15, -0.1) is 0 Å². The van der Waals surface area contributed by atoms with Crippen LogP contribution in [0.2, 0.25) is 0 Å². The van der Waals surface area contributed by atoms with Crippen LogP contribution in [0.15, 0.2) is 53.5 Å². The molecule has 0 heterocycles. The molecule has 2 N–H and O–H groups in total. The molecule has 0 aliphatic heterocycles. The summed E-state index contributed by atoms with van der Waals surface area (Å²) in [5.74, 6) is -3.52. The molecule has 0 saturated heterocycles. The summed E-state index contributed by atoms with van der Waals surface area (Å²) in [6.45, 7) is 23.6. The number of ether oxygens (including phenoxy) is 7. The van der Waals surface area contributed by atoms with E-state index in [-0.39, 0.29) is 29.6 Å². The van der Waals surface area contributed by atoms with Gasteiger partial charge in [0.25, 0.3) is 0 Å². The third-order valence-electron chi connectivity index (χ3n) is 6.87. The van der Waals surface area contributed by atoms with Crippen molar-refractivity contribution in [3.8, 4) is 5.75 Å². The Morgan fingerprint density at radius 2 is 1.03 bits per heavy atom. The van der Waals surface area contributed by atoms with Crippen LogP contribution in [0.5, 0.6) is 5.75 Å². The summed E-state index contributed by atoms with van der Waals surface area (Å²) < 4.78 is 37.9. The molecule has 1 atom stereocenters. The molecule has 18 heteroatoms. The molecule has 0 aliphatic rings.